The molecule has 3 aromatic rings. The fourth-order valence-corrected chi connectivity index (χ4v) is 6.21. The molecule has 1 N–H and O–H groups in total. The highest BCUT2D eigenvalue weighted by molar-refractivity contribution is 7.89. The number of thiophene rings is 1. The van der Waals surface area contributed by atoms with Crippen LogP contribution in [0.3, 0.4) is 0 Å². The standard InChI is InChI=1S/C21H24FN3O3S3/c1-4-25(5-2)31(27,28)16-7-8-18(22)17(12-16)21(26)23-11-10-15-6-9-20(30-15)19-13-29-14(3)24-19/h6-9,12-13H,4-5,10-11H2,1-3H3,(H,23,26). The largest absolute Gasteiger partial charge is 0.352 e. The van der Waals surface area contributed by atoms with Crippen LogP contribution in [0.15, 0.2) is 40.6 Å². The molecular weight excluding hydrogens is 457 g/mol. The maximum Gasteiger partial charge on any atom is 0.254 e. The van der Waals surface area contributed by atoms with Gasteiger partial charge in [-0.1, -0.05) is 13.8 Å². The van der Waals surface area contributed by atoms with Gasteiger partial charge >= 0.3 is 0 Å². The van der Waals surface area contributed by atoms with Gasteiger partial charge in [-0.05, 0) is 43.7 Å². The lowest BCUT2D eigenvalue weighted by atomic mass is 10.2. The van der Waals surface area contributed by atoms with Crippen molar-refractivity contribution < 1.29 is 17.6 Å². The Morgan fingerprint density at radius 2 is 1.94 bits per heavy atom. The molecule has 1 aromatic carbocycles. The molecule has 2 aromatic heterocycles. The highest BCUT2D eigenvalue weighted by Gasteiger charge is 2.24. The van der Waals surface area contributed by atoms with Crippen LogP contribution in [0.1, 0.15) is 34.1 Å². The molecule has 166 valence electrons. The Hall–Kier alpha value is -2.14. The number of nitrogens with zero attached hydrogens (tertiary/aromatic N) is 2. The summed E-state index contributed by atoms with van der Waals surface area (Å²) >= 11 is 3.19. The monoisotopic (exact) mass is 481 g/mol. The molecule has 3 rings (SSSR count). The number of nitrogens with one attached hydrogen (secondary N) is 1. The number of carbonyl (C=O) groups is 1. The van der Waals surface area contributed by atoms with Gasteiger partial charge in [-0.2, -0.15) is 4.31 Å². The first-order valence-corrected chi connectivity index (χ1v) is 13.0. The van der Waals surface area contributed by atoms with Gasteiger partial charge < -0.3 is 5.32 Å². The van der Waals surface area contributed by atoms with Gasteiger partial charge in [0.2, 0.25) is 10.0 Å². The molecule has 0 unspecified atom stereocenters. The van der Waals surface area contributed by atoms with E-state index in [9.17, 15) is 17.6 Å². The van der Waals surface area contributed by atoms with Crippen LogP contribution >= 0.6 is 22.7 Å². The number of aryl methyl sites for hydroxylation is 1. The van der Waals surface area contributed by atoms with E-state index in [1.165, 1.54) is 10.4 Å². The first kappa shape index (κ1) is 23.5. The van der Waals surface area contributed by atoms with Gasteiger partial charge in [0.25, 0.3) is 5.91 Å². The Bertz CT molecular complexity index is 1170. The molecule has 0 aliphatic heterocycles. The van der Waals surface area contributed by atoms with Crippen LogP contribution in [0.4, 0.5) is 4.39 Å². The van der Waals surface area contributed by atoms with E-state index in [-0.39, 0.29) is 10.5 Å². The van der Waals surface area contributed by atoms with Gasteiger partial charge in [0.05, 0.1) is 26.0 Å². The molecule has 0 bridgehead atoms. The minimum atomic E-state index is -3.78. The smallest absolute Gasteiger partial charge is 0.254 e. The van der Waals surface area contributed by atoms with Crippen molar-refractivity contribution in [3.8, 4) is 10.6 Å². The lowest BCUT2D eigenvalue weighted by Gasteiger charge is -2.19. The molecule has 0 atom stereocenters. The number of rotatable bonds is 9. The first-order valence-electron chi connectivity index (χ1n) is 9.85. The van der Waals surface area contributed by atoms with E-state index in [4.69, 9.17) is 0 Å². The Balaban J connectivity index is 1.66. The molecule has 2 heterocycles. The van der Waals surface area contributed by atoms with E-state index in [0.29, 0.717) is 26.1 Å². The molecule has 0 aliphatic rings. The van der Waals surface area contributed by atoms with Crippen LogP contribution in [0.2, 0.25) is 0 Å². The van der Waals surface area contributed by atoms with E-state index in [1.54, 1.807) is 36.5 Å². The third-order valence-electron chi connectivity index (χ3n) is 4.72. The second-order valence-corrected chi connectivity index (χ2v) is 10.9. The normalized spacial score (nSPS) is 11.8. The summed E-state index contributed by atoms with van der Waals surface area (Å²) in [6.45, 7) is 6.30. The molecule has 0 aliphatic carbocycles. The Labute approximate surface area is 189 Å². The summed E-state index contributed by atoms with van der Waals surface area (Å²) in [4.78, 5) is 19.0. The van der Waals surface area contributed by atoms with Gasteiger partial charge in [-0.25, -0.2) is 17.8 Å². The molecule has 1 amide bonds. The van der Waals surface area contributed by atoms with E-state index in [1.807, 2.05) is 24.4 Å². The number of amides is 1. The third kappa shape index (κ3) is 5.38. The van der Waals surface area contributed by atoms with Crippen molar-refractivity contribution in [2.45, 2.75) is 32.1 Å². The fraction of sp³-hybridized carbons (Fsp3) is 0.333. The van der Waals surface area contributed by atoms with E-state index in [0.717, 1.165) is 32.6 Å². The predicted octanol–water partition coefficient (Wildman–Crippen LogP) is 4.32. The highest BCUT2D eigenvalue weighted by atomic mass is 32.2. The number of benzene rings is 1. The molecule has 0 radical (unpaired) electrons. The van der Waals surface area contributed by atoms with Crippen molar-refractivity contribution in [2.75, 3.05) is 19.6 Å². The molecule has 10 heteroatoms. The zero-order valence-electron chi connectivity index (χ0n) is 17.5. The zero-order chi connectivity index (χ0) is 22.6. The second-order valence-electron chi connectivity index (χ2n) is 6.75. The number of sulfonamides is 1. The summed E-state index contributed by atoms with van der Waals surface area (Å²) < 4.78 is 40.8. The topological polar surface area (TPSA) is 79.4 Å². The molecule has 31 heavy (non-hydrogen) atoms. The quantitative estimate of drug-likeness (QED) is 0.494. The molecule has 6 nitrogen and oxygen atoms in total. The first-order chi connectivity index (χ1) is 14.8. The summed E-state index contributed by atoms with van der Waals surface area (Å²) in [6.07, 6.45) is 0.582. The van der Waals surface area contributed by atoms with E-state index in [2.05, 4.69) is 10.3 Å². The summed E-state index contributed by atoms with van der Waals surface area (Å²) in [5.41, 5.74) is 0.661. The summed E-state index contributed by atoms with van der Waals surface area (Å²) in [6, 6.07) is 7.29. The van der Waals surface area contributed by atoms with Gasteiger partial charge in [-0.3, -0.25) is 4.79 Å². The minimum Gasteiger partial charge on any atom is -0.352 e. The maximum atomic E-state index is 14.2. The number of aromatic nitrogens is 1. The Kier molecular flexibility index (Phi) is 7.58. The summed E-state index contributed by atoms with van der Waals surface area (Å²) in [5.74, 6) is -1.39. The number of hydrogen-bond donors (Lipinski definition) is 1. The van der Waals surface area contributed by atoms with Crippen LogP contribution in [-0.4, -0.2) is 43.2 Å². The lowest BCUT2D eigenvalue weighted by Crippen LogP contribution is -2.31. The van der Waals surface area contributed by atoms with Crippen molar-refractivity contribution in [1.82, 2.24) is 14.6 Å². The zero-order valence-corrected chi connectivity index (χ0v) is 20.0. The van der Waals surface area contributed by atoms with Crippen molar-refractivity contribution in [3.63, 3.8) is 0 Å². The molecule has 0 saturated heterocycles. The number of carbonyl (C=O) groups excluding carboxylic acids is 1. The molecular formula is C21H24FN3O3S3. The molecule has 0 saturated carbocycles. The summed E-state index contributed by atoms with van der Waals surface area (Å²) in [7, 11) is -3.78. The van der Waals surface area contributed by atoms with Crippen molar-refractivity contribution in [2.24, 2.45) is 0 Å². The van der Waals surface area contributed by atoms with Crippen molar-refractivity contribution in [3.05, 3.63) is 57.0 Å². The van der Waals surface area contributed by atoms with Crippen molar-refractivity contribution >= 4 is 38.6 Å². The summed E-state index contributed by atoms with van der Waals surface area (Å²) in [5, 5.41) is 5.70. The number of thiazole rings is 1. The second kappa shape index (κ2) is 9.99. The van der Waals surface area contributed by atoms with Crippen LogP contribution < -0.4 is 5.32 Å². The van der Waals surface area contributed by atoms with Gasteiger partial charge in [0, 0.05) is 29.9 Å². The lowest BCUT2D eigenvalue weighted by molar-refractivity contribution is 0.0950. The van der Waals surface area contributed by atoms with Gasteiger partial charge in [0.1, 0.15) is 5.82 Å². The minimum absolute atomic E-state index is 0.0933. The SMILES string of the molecule is CCN(CC)S(=O)(=O)c1ccc(F)c(C(=O)NCCc2ccc(-c3csc(C)n3)s2)c1. The average molecular weight is 482 g/mol. The van der Waals surface area contributed by atoms with E-state index >= 15 is 0 Å². The Morgan fingerprint density at radius 1 is 1.19 bits per heavy atom. The van der Waals surface area contributed by atoms with Crippen LogP contribution in [0.25, 0.3) is 10.6 Å². The molecule has 0 fully saturated rings. The maximum absolute atomic E-state index is 14.2. The fourth-order valence-electron chi connectivity index (χ4n) is 3.07. The number of hydrogen-bond acceptors (Lipinski definition) is 6. The third-order valence-corrected chi connectivity index (χ3v) is 8.70. The molecule has 0 spiro atoms. The Morgan fingerprint density at radius 3 is 2.58 bits per heavy atom. The van der Waals surface area contributed by atoms with E-state index < -0.39 is 21.7 Å². The van der Waals surface area contributed by atoms with Gasteiger partial charge in [-0.15, -0.1) is 22.7 Å². The highest BCUT2D eigenvalue weighted by Crippen LogP contribution is 2.29. The average Bonchev–Trinajstić information content (AvgIpc) is 3.37. The van der Waals surface area contributed by atoms with Crippen LogP contribution in [-0.2, 0) is 16.4 Å². The number of halogens is 1. The van der Waals surface area contributed by atoms with Gasteiger partial charge in [0.15, 0.2) is 0 Å². The van der Waals surface area contributed by atoms with Crippen LogP contribution in [0, 0.1) is 12.7 Å². The van der Waals surface area contributed by atoms with Crippen molar-refractivity contribution in [1.29, 1.82) is 0 Å². The van der Waals surface area contributed by atoms with Crippen LogP contribution in [0.5, 0.6) is 0 Å². The predicted molar refractivity (Wildman–Crippen MR) is 123 cm³/mol.